The van der Waals surface area contributed by atoms with Crippen molar-refractivity contribution in [3.8, 4) is 11.5 Å². The third-order valence-corrected chi connectivity index (χ3v) is 2.79. The maximum absolute atomic E-state index is 11.5. The third-order valence-electron chi connectivity index (χ3n) is 2.79. The molecule has 0 amide bonds. The van der Waals surface area contributed by atoms with Crippen molar-refractivity contribution in [2.45, 2.75) is 13.3 Å². The van der Waals surface area contributed by atoms with Crippen LogP contribution in [0, 0.1) is 10.1 Å². The molecule has 2 rings (SSSR count). The summed E-state index contributed by atoms with van der Waals surface area (Å²) in [6, 6.07) is 12.7. The van der Waals surface area contributed by atoms with Crippen LogP contribution in [0.25, 0.3) is 0 Å². The Morgan fingerprint density at radius 3 is 2.40 bits per heavy atom. The molecule has 0 N–H and O–H groups in total. The van der Waals surface area contributed by atoms with Crippen LogP contribution in [-0.2, 0) is 0 Å². The van der Waals surface area contributed by atoms with Crippen molar-refractivity contribution >= 4 is 11.5 Å². The quantitative estimate of drug-likeness (QED) is 0.468. The molecule has 0 aromatic heterocycles. The molecular weight excluding hydrogens is 258 g/mol. The maximum atomic E-state index is 11.5. The van der Waals surface area contributed by atoms with Crippen LogP contribution in [0.2, 0.25) is 0 Å². The van der Waals surface area contributed by atoms with Gasteiger partial charge in [-0.05, 0) is 30.3 Å². The van der Waals surface area contributed by atoms with Gasteiger partial charge in [-0.1, -0.05) is 19.1 Å². The fourth-order valence-electron chi connectivity index (χ4n) is 1.73. The van der Waals surface area contributed by atoms with Gasteiger partial charge in [-0.3, -0.25) is 14.9 Å². The van der Waals surface area contributed by atoms with E-state index in [1.54, 1.807) is 43.3 Å². The van der Waals surface area contributed by atoms with E-state index in [-0.39, 0.29) is 17.2 Å². The summed E-state index contributed by atoms with van der Waals surface area (Å²) in [6.45, 7) is 1.79. The standard InChI is InChI=1S/C15H13NO4/c1-2-14(17)11-7-9-12(10-8-11)20-15-6-4-3-5-13(15)16(18)19/h3-10H,2H2,1H3. The largest absolute Gasteiger partial charge is 0.450 e. The molecule has 0 unspecified atom stereocenters. The van der Waals surface area contributed by atoms with E-state index in [4.69, 9.17) is 4.74 Å². The summed E-state index contributed by atoms with van der Waals surface area (Å²) in [7, 11) is 0. The normalized spacial score (nSPS) is 10.1. The van der Waals surface area contributed by atoms with Crippen molar-refractivity contribution in [3.05, 3.63) is 64.2 Å². The lowest BCUT2D eigenvalue weighted by atomic mass is 10.1. The van der Waals surface area contributed by atoms with Crippen molar-refractivity contribution in [3.63, 3.8) is 0 Å². The highest BCUT2D eigenvalue weighted by molar-refractivity contribution is 5.95. The Morgan fingerprint density at radius 1 is 1.15 bits per heavy atom. The lowest BCUT2D eigenvalue weighted by Gasteiger charge is -2.06. The van der Waals surface area contributed by atoms with Crippen molar-refractivity contribution in [2.75, 3.05) is 0 Å². The van der Waals surface area contributed by atoms with E-state index >= 15 is 0 Å². The number of benzene rings is 2. The zero-order valence-corrected chi connectivity index (χ0v) is 10.9. The molecule has 0 bridgehead atoms. The maximum Gasteiger partial charge on any atom is 0.311 e. The van der Waals surface area contributed by atoms with Crippen molar-refractivity contribution in [1.82, 2.24) is 0 Å². The highest BCUT2D eigenvalue weighted by Crippen LogP contribution is 2.30. The van der Waals surface area contributed by atoms with Crippen LogP contribution in [0.4, 0.5) is 5.69 Å². The number of carbonyl (C=O) groups is 1. The number of hydrogen-bond donors (Lipinski definition) is 0. The van der Waals surface area contributed by atoms with Gasteiger partial charge in [0.05, 0.1) is 4.92 Å². The number of nitro benzene ring substituents is 1. The van der Waals surface area contributed by atoms with Crippen LogP contribution < -0.4 is 4.74 Å². The molecule has 5 nitrogen and oxygen atoms in total. The summed E-state index contributed by atoms with van der Waals surface area (Å²) in [4.78, 5) is 21.9. The van der Waals surface area contributed by atoms with Gasteiger partial charge in [0.1, 0.15) is 5.75 Å². The van der Waals surface area contributed by atoms with E-state index in [1.165, 1.54) is 12.1 Å². The van der Waals surface area contributed by atoms with Crippen LogP contribution in [0.5, 0.6) is 11.5 Å². The Morgan fingerprint density at radius 2 is 1.80 bits per heavy atom. The molecule has 0 spiro atoms. The monoisotopic (exact) mass is 271 g/mol. The number of nitro groups is 1. The average molecular weight is 271 g/mol. The van der Waals surface area contributed by atoms with Gasteiger partial charge in [0, 0.05) is 18.1 Å². The van der Waals surface area contributed by atoms with Gasteiger partial charge in [0.25, 0.3) is 0 Å². The van der Waals surface area contributed by atoms with E-state index in [0.29, 0.717) is 17.7 Å². The van der Waals surface area contributed by atoms with Crippen LogP contribution in [-0.4, -0.2) is 10.7 Å². The van der Waals surface area contributed by atoms with Crippen LogP contribution in [0.1, 0.15) is 23.7 Å². The predicted molar refractivity (Wildman–Crippen MR) is 74.2 cm³/mol. The molecule has 102 valence electrons. The molecular formula is C15H13NO4. The number of ether oxygens (including phenoxy) is 1. The zero-order valence-electron chi connectivity index (χ0n) is 10.9. The van der Waals surface area contributed by atoms with Crippen LogP contribution >= 0.6 is 0 Å². The van der Waals surface area contributed by atoms with Gasteiger partial charge in [-0.2, -0.15) is 0 Å². The summed E-state index contributed by atoms with van der Waals surface area (Å²) < 4.78 is 5.49. The molecule has 0 aliphatic rings. The first-order valence-electron chi connectivity index (χ1n) is 6.16. The molecule has 0 radical (unpaired) electrons. The first-order valence-corrected chi connectivity index (χ1v) is 6.16. The molecule has 0 saturated heterocycles. The first kappa shape index (κ1) is 13.7. The Kier molecular flexibility index (Phi) is 4.10. The van der Waals surface area contributed by atoms with Gasteiger partial charge in [0.2, 0.25) is 5.75 Å². The van der Waals surface area contributed by atoms with Crippen molar-refractivity contribution in [2.24, 2.45) is 0 Å². The van der Waals surface area contributed by atoms with Crippen molar-refractivity contribution < 1.29 is 14.5 Å². The molecule has 2 aromatic carbocycles. The molecule has 0 heterocycles. The molecule has 5 heteroatoms. The number of Topliss-reactive ketones (excluding diaryl/α,β-unsaturated/α-hetero) is 1. The molecule has 0 aliphatic carbocycles. The van der Waals surface area contributed by atoms with Gasteiger partial charge < -0.3 is 4.74 Å². The van der Waals surface area contributed by atoms with E-state index in [9.17, 15) is 14.9 Å². The number of nitrogens with zero attached hydrogens (tertiary/aromatic N) is 1. The highest BCUT2D eigenvalue weighted by Gasteiger charge is 2.14. The number of carbonyl (C=O) groups excluding carboxylic acids is 1. The second-order valence-electron chi connectivity index (χ2n) is 4.13. The second kappa shape index (κ2) is 5.97. The van der Waals surface area contributed by atoms with Crippen molar-refractivity contribution in [1.29, 1.82) is 0 Å². The topological polar surface area (TPSA) is 69.4 Å². The molecule has 20 heavy (non-hydrogen) atoms. The predicted octanol–water partition coefficient (Wildman–Crippen LogP) is 3.98. The smallest absolute Gasteiger partial charge is 0.311 e. The lowest BCUT2D eigenvalue weighted by Crippen LogP contribution is -1.96. The van der Waals surface area contributed by atoms with E-state index in [2.05, 4.69) is 0 Å². The fraction of sp³-hybridized carbons (Fsp3) is 0.133. The average Bonchev–Trinajstić information content (AvgIpc) is 2.47. The van der Waals surface area contributed by atoms with Gasteiger partial charge >= 0.3 is 5.69 Å². The minimum absolute atomic E-state index is 0.0437. The molecule has 0 atom stereocenters. The summed E-state index contributed by atoms with van der Waals surface area (Å²) >= 11 is 0. The molecule has 0 aliphatic heterocycles. The van der Waals surface area contributed by atoms with E-state index in [1.807, 2.05) is 0 Å². The lowest BCUT2D eigenvalue weighted by molar-refractivity contribution is -0.385. The Labute approximate surface area is 116 Å². The summed E-state index contributed by atoms with van der Waals surface area (Å²) in [5.41, 5.74) is 0.503. The van der Waals surface area contributed by atoms with Crippen LogP contribution in [0.3, 0.4) is 0 Å². The van der Waals surface area contributed by atoms with Crippen LogP contribution in [0.15, 0.2) is 48.5 Å². The number of ketones is 1. The summed E-state index contributed by atoms with van der Waals surface area (Å²) in [6.07, 6.45) is 0.435. The Hall–Kier alpha value is -2.69. The Balaban J connectivity index is 2.23. The Bertz CT molecular complexity index is 635. The highest BCUT2D eigenvalue weighted by atomic mass is 16.6. The molecule has 0 saturated carbocycles. The first-order chi connectivity index (χ1) is 9.61. The SMILES string of the molecule is CCC(=O)c1ccc(Oc2ccccc2[N+](=O)[O-])cc1. The summed E-state index contributed by atoms with van der Waals surface area (Å²) in [5, 5.41) is 10.9. The molecule has 2 aromatic rings. The summed E-state index contributed by atoms with van der Waals surface area (Å²) in [5.74, 6) is 0.668. The minimum Gasteiger partial charge on any atom is -0.450 e. The van der Waals surface area contributed by atoms with Gasteiger partial charge in [0.15, 0.2) is 5.78 Å². The third kappa shape index (κ3) is 3.00. The number of hydrogen-bond acceptors (Lipinski definition) is 4. The fourth-order valence-corrected chi connectivity index (χ4v) is 1.73. The number of rotatable bonds is 5. The van der Waals surface area contributed by atoms with E-state index in [0.717, 1.165) is 0 Å². The zero-order chi connectivity index (χ0) is 14.5. The number of para-hydroxylation sites is 2. The molecule has 0 fully saturated rings. The van der Waals surface area contributed by atoms with Gasteiger partial charge in [-0.15, -0.1) is 0 Å². The second-order valence-corrected chi connectivity index (χ2v) is 4.13. The van der Waals surface area contributed by atoms with E-state index < -0.39 is 4.92 Å². The van der Waals surface area contributed by atoms with Gasteiger partial charge in [-0.25, -0.2) is 0 Å². The minimum atomic E-state index is -0.496.